The molecule has 3 aromatic carbocycles. The van der Waals surface area contributed by atoms with Crippen molar-refractivity contribution < 1.29 is 21.6 Å². The van der Waals surface area contributed by atoms with E-state index in [-0.39, 0.29) is 21.6 Å². The lowest BCUT2D eigenvalue weighted by atomic mass is 9.98. The predicted octanol–water partition coefficient (Wildman–Crippen LogP) is 6.91. The molecular weight excluding hydrogens is 473 g/mol. The van der Waals surface area contributed by atoms with Crippen LogP contribution in [0.5, 0.6) is 0 Å². The lowest BCUT2D eigenvalue weighted by molar-refractivity contribution is -0.0328. The zero-order chi connectivity index (χ0) is 23.5. The van der Waals surface area contributed by atoms with Gasteiger partial charge in [0.1, 0.15) is 0 Å². The molecule has 8 heteroatoms. The summed E-state index contributed by atoms with van der Waals surface area (Å²) in [6, 6.07) is 17.7. The number of sulfone groups is 1. The second-order valence-corrected chi connectivity index (χ2v) is 11.7. The average molecular weight is 497 g/mol. The molecule has 0 spiro atoms. The Bertz CT molecular complexity index is 1220. The minimum Gasteiger partial charge on any atom is -0.224 e. The third kappa shape index (κ3) is 7.32. The van der Waals surface area contributed by atoms with Crippen LogP contribution in [0, 0.1) is 6.92 Å². The minimum absolute atomic E-state index is 0.110. The number of hydrogen-bond acceptors (Lipinski definition) is 4. The first-order valence-corrected chi connectivity index (χ1v) is 13.7. The van der Waals surface area contributed by atoms with Crippen LogP contribution in [-0.4, -0.2) is 26.4 Å². The first kappa shape index (κ1) is 24.7. The molecule has 2 nitrogen and oxygen atoms in total. The maximum Gasteiger partial charge on any atom is 0.446 e. The Morgan fingerprint density at radius 3 is 2.00 bits per heavy atom. The highest BCUT2D eigenvalue weighted by atomic mass is 32.2. The summed E-state index contributed by atoms with van der Waals surface area (Å²) >= 11 is 1.49. The molecule has 0 unspecified atom stereocenters. The normalized spacial score (nSPS) is 12.2. The third-order valence-electron chi connectivity index (χ3n) is 4.75. The van der Waals surface area contributed by atoms with Crippen molar-refractivity contribution in [3.8, 4) is 0 Å². The van der Waals surface area contributed by atoms with Gasteiger partial charge in [0.05, 0.1) is 4.90 Å². The second-order valence-electron chi connectivity index (χ2n) is 7.66. The molecule has 0 aliphatic heterocycles. The summed E-state index contributed by atoms with van der Waals surface area (Å²) in [7, 11) is -3.44. The van der Waals surface area contributed by atoms with Gasteiger partial charge >= 0.3 is 5.51 Å². The summed E-state index contributed by atoms with van der Waals surface area (Å²) < 4.78 is 62.7. The van der Waals surface area contributed by atoms with Gasteiger partial charge in [0, 0.05) is 16.0 Å². The van der Waals surface area contributed by atoms with Crippen LogP contribution >= 0.6 is 23.5 Å². The van der Waals surface area contributed by atoms with E-state index >= 15 is 0 Å². The molecule has 0 saturated heterocycles. The fourth-order valence-corrected chi connectivity index (χ4v) is 5.44. The van der Waals surface area contributed by atoms with E-state index in [0.29, 0.717) is 18.4 Å². The van der Waals surface area contributed by atoms with Gasteiger partial charge in [0.15, 0.2) is 9.84 Å². The molecule has 170 valence electrons. The van der Waals surface area contributed by atoms with Crippen LogP contribution in [0.4, 0.5) is 13.2 Å². The van der Waals surface area contributed by atoms with Crippen molar-refractivity contribution in [3.05, 3.63) is 88.5 Å². The van der Waals surface area contributed by atoms with E-state index in [0.717, 1.165) is 33.4 Å². The summed E-state index contributed by atoms with van der Waals surface area (Å²) in [4.78, 5) is 1.46. The quantitative estimate of drug-likeness (QED) is 0.333. The summed E-state index contributed by atoms with van der Waals surface area (Å²) in [6.07, 6.45) is 4.07. The molecule has 0 radical (unpaired) electrons. The molecule has 0 aliphatic rings. The van der Waals surface area contributed by atoms with Crippen LogP contribution in [0.1, 0.15) is 27.8 Å². The van der Waals surface area contributed by atoms with Gasteiger partial charge in [-0.2, -0.15) is 13.2 Å². The van der Waals surface area contributed by atoms with Gasteiger partial charge < -0.3 is 0 Å². The maximum absolute atomic E-state index is 12.7. The van der Waals surface area contributed by atoms with Gasteiger partial charge in [-0.15, -0.1) is 11.8 Å². The van der Waals surface area contributed by atoms with Gasteiger partial charge in [-0.3, -0.25) is 0 Å². The van der Waals surface area contributed by atoms with E-state index in [1.807, 2.05) is 19.2 Å². The van der Waals surface area contributed by atoms with E-state index in [2.05, 4.69) is 18.2 Å². The molecule has 3 rings (SSSR count). The van der Waals surface area contributed by atoms with E-state index in [1.54, 1.807) is 36.0 Å². The van der Waals surface area contributed by atoms with Gasteiger partial charge in [-0.1, -0.05) is 24.3 Å². The largest absolute Gasteiger partial charge is 0.446 e. The first-order valence-electron chi connectivity index (χ1n) is 9.73. The van der Waals surface area contributed by atoms with Crippen molar-refractivity contribution in [1.29, 1.82) is 0 Å². The van der Waals surface area contributed by atoms with Crippen LogP contribution in [0.15, 0.2) is 75.4 Å². The minimum atomic E-state index is -4.36. The molecule has 0 N–H and O–H groups in total. The average Bonchev–Trinajstić information content (AvgIpc) is 2.65. The number of rotatable bonds is 7. The van der Waals surface area contributed by atoms with E-state index in [1.165, 1.54) is 12.1 Å². The third-order valence-corrected chi connectivity index (χ3v) is 7.27. The van der Waals surface area contributed by atoms with Crippen molar-refractivity contribution in [2.75, 3.05) is 12.5 Å². The fourth-order valence-electron chi connectivity index (χ4n) is 3.52. The molecule has 32 heavy (non-hydrogen) atoms. The monoisotopic (exact) mass is 496 g/mol. The zero-order valence-electron chi connectivity index (χ0n) is 17.9. The second kappa shape index (κ2) is 9.93. The van der Waals surface area contributed by atoms with E-state index < -0.39 is 15.3 Å². The summed E-state index contributed by atoms with van der Waals surface area (Å²) in [5.41, 5.74) is 0.137. The van der Waals surface area contributed by atoms with Crippen LogP contribution in [0.25, 0.3) is 0 Å². The Balaban J connectivity index is 1.95. The Morgan fingerprint density at radius 1 is 0.812 bits per heavy atom. The van der Waals surface area contributed by atoms with Gasteiger partial charge in [0.25, 0.3) is 0 Å². The molecular formula is C24H23F3O2S3. The van der Waals surface area contributed by atoms with Crippen LogP contribution in [0.3, 0.4) is 0 Å². The summed E-state index contributed by atoms with van der Waals surface area (Å²) in [5, 5.41) is 0. The maximum atomic E-state index is 12.7. The highest BCUT2D eigenvalue weighted by molar-refractivity contribution is 8.00. The van der Waals surface area contributed by atoms with Crippen molar-refractivity contribution in [3.63, 3.8) is 0 Å². The lowest BCUT2D eigenvalue weighted by Crippen LogP contribution is -2.02. The van der Waals surface area contributed by atoms with E-state index in [9.17, 15) is 21.6 Å². The van der Waals surface area contributed by atoms with Crippen LogP contribution < -0.4 is 0 Å². The van der Waals surface area contributed by atoms with Crippen LogP contribution in [0.2, 0.25) is 0 Å². The number of benzene rings is 3. The smallest absolute Gasteiger partial charge is 0.224 e. The number of alkyl halides is 3. The molecule has 3 aromatic rings. The number of hydrogen-bond donors (Lipinski definition) is 0. The fraction of sp³-hybridized carbons (Fsp3) is 0.250. The molecule has 0 amide bonds. The highest BCUT2D eigenvalue weighted by Crippen LogP contribution is 2.37. The van der Waals surface area contributed by atoms with Crippen molar-refractivity contribution in [2.45, 2.75) is 40.0 Å². The molecule has 0 heterocycles. The molecule has 0 saturated carbocycles. The standard InChI is InChI=1S/C24H23F3O2S3/c1-16-7-18(13-22(8-16)30-2)10-20-11-19(14-23(15-20)32(3,28)29)9-17-5-4-6-21(12-17)31-24(25,26)27/h4-8,11-15H,9-10H2,1-3H3. The van der Waals surface area contributed by atoms with E-state index in [4.69, 9.17) is 0 Å². The summed E-state index contributed by atoms with van der Waals surface area (Å²) in [5.74, 6) is 0. The van der Waals surface area contributed by atoms with Gasteiger partial charge in [0.2, 0.25) is 0 Å². The van der Waals surface area contributed by atoms with Gasteiger partial charge in [-0.05, 0) is 102 Å². The first-order chi connectivity index (χ1) is 14.9. The number of aryl methyl sites for hydroxylation is 1. The van der Waals surface area contributed by atoms with Crippen molar-refractivity contribution >= 4 is 33.4 Å². The zero-order valence-corrected chi connectivity index (χ0v) is 20.3. The highest BCUT2D eigenvalue weighted by Gasteiger charge is 2.29. The number of halogens is 3. The Morgan fingerprint density at radius 2 is 1.41 bits per heavy atom. The molecule has 0 aromatic heterocycles. The topological polar surface area (TPSA) is 34.1 Å². The Labute approximate surface area is 195 Å². The number of thioether (sulfide) groups is 2. The molecule has 0 aliphatic carbocycles. The van der Waals surface area contributed by atoms with Crippen molar-refractivity contribution in [2.24, 2.45) is 0 Å². The lowest BCUT2D eigenvalue weighted by Gasteiger charge is -2.12. The van der Waals surface area contributed by atoms with Crippen molar-refractivity contribution in [1.82, 2.24) is 0 Å². The SMILES string of the molecule is CSc1cc(C)cc(Cc2cc(Cc3cccc(SC(F)(F)F)c3)cc(S(C)(=O)=O)c2)c1. The predicted molar refractivity (Wildman–Crippen MR) is 126 cm³/mol. The molecule has 0 fully saturated rings. The molecule has 0 atom stereocenters. The molecule has 0 bridgehead atoms. The van der Waals surface area contributed by atoms with Crippen LogP contribution in [-0.2, 0) is 22.7 Å². The Kier molecular flexibility index (Phi) is 7.68. The Hall–Kier alpha value is -1.90. The van der Waals surface area contributed by atoms with Gasteiger partial charge in [-0.25, -0.2) is 8.42 Å². The summed E-state index contributed by atoms with van der Waals surface area (Å²) in [6.45, 7) is 2.02.